The monoisotopic (exact) mass is 207 g/mol. The topological polar surface area (TPSA) is 44.5 Å². The fourth-order valence-electron chi connectivity index (χ4n) is 1.72. The maximum atomic E-state index is 5.73. The third kappa shape index (κ3) is 2.07. The lowest BCUT2D eigenvalue weighted by Gasteiger charge is -2.22. The molecule has 15 heavy (non-hydrogen) atoms. The van der Waals surface area contributed by atoms with Crippen molar-refractivity contribution in [3.63, 3.8) is 0 Å². The number of benzene rings is 1. The predicted molar refractivity (Wildman–Crippen MR) is 59.1 cm³/mol. The van der Waals surface area contributed by atoms with Gasteiger partial charge in [-0.25, -0.2) is 0 Å². The maximum absolute atomic E-state index is 5.73. The summed E-state index contributed by atoms with van der Waals surface area (Å²) < 4.78 is 10.8. The van der Waals surface area contributed by atoms with Gasteiger partial charge in [0.25, 0.3) is 0 Å². The molecule has 0 aromatic heterocycles. The highest BCUT2D eigenvalue weighted by atomic mass is 16.7. The highest BCUT2D eigenvalue weighted by Crippen LogP contribution is 2.37. The Morgan fingerprint density at radius 1 is 1.33 bits per heavy atom. The summed E-state index contributed by atoms with van der Waals surface area (Å²) in [6, 6.07) is 6.00. The van der Waals surface area contributed by atoms with Gasteiger partial charge in [0.1, 0.15) is 0 Å². The van der Waals surface area contributed by atoms with Gasteiger partial charge in [-0.2, -0.15) is 0 Å². The summed E-state index contributed by atoms with van der Waals surface area (Å²) in [6.07, 6.45) is 0.913. The zero-order valence-electron chi connectivity index (χ0n) is 9.25. The largest absolute Gasteiger partial charge is 0.454 e. The number of fused-ring (bicyclic) bond motifs is 1. The zero-order chi connectivity index (χ0) is 10.9. The first-order valence-corrected chi connectivity index (χ1v) is 5.20. The van der Waals surface area contributed by atoms with Crippen LogP contribution < -0.4 is 15.2 Å². The molecule has 0 saturated carbocycles. The predicted octanol–water partition coefficient (Wildman–Crippen LogP) is 1.94. The third-order valence-corrected chi connectivity index (χ3v) is 2.70. The standard InChI is InChI=1S/C12H17NO2/c1-12(2,7-13)6-9-4-3-5-10-11(9)15-8-14-10/h3-5H,6-8,13H2,1-2H3. The van der Waals surface area contributed by atoms with Gasteiger partial charge in [-0.15, -0.1) is 0 Å². The van der Waals surface area contributed by atoms with Gasteiger partial charge >= 0.3 is 0 Å². The van der Waals surface area contributed by atoms with Gasteiger partial charge in [-0.05, 0) is 30.0 Å². The van der Waals surface area contributed by atoms with Crippen LogP contribution in [0, 0.1) is 5.41 Å². The van der Waals surface area contributed by atoms with Crippen molar-refractivity contribution in [1.29, 1.82) is 0 Å². The second kappa shape index (κ2) is 3.74. The molecule has 3 heteroatoms. The Kier molecular flexibility index (Phi) is 2.57. The lowest BCUT2D eigenvalue weighted by molar-refractivity contribution is 0.172. The molecule has 0 unspecified atom stereocenters. The minimum absolute atomic E-state index is 0.0983. The molecule has 0 amide bonds. The van der Waals surface area contributed by atoms with Crippen LogP contribution in [0.15, 0.2) is 18.2 Å². The van der Waals surface area contributed by atoms with E-state index < -0.39 is 0 Å². The van der Waals surface area contributed by atoms with Gasteiger partial charge in [-0.1, -0.05) is 26.0 Å². The molecule has 1 aliphatic heterocycles. The van der Waals surface area contributed by atoms with Crippen LogP contribution >= 0.6 is 0 Å². The average molecular weight is 207 g/mol. The van der Waals surface area contributed by atoms with Crippen molar-refractivity contribution < 1.29 is 9.47 Å². The molecule has 1 aromatic rings. The third-order valence-electron chi connectivity index (χ3n) is 2.70. The summed E-state index contributed by atoms with van der Waals surface area (Å²) in [4.78, 5) is 0. The van der Waals surface area contributed by atoms with E-state index in [1.165, 1.54) is 5.56 Å². The molecule has 82 valence electrons. The zero-order valence-corrected chi connectivity index (χ0v) is 9.25. The Labute approximate surface area is 90.2 Å². The summed E-state index contributed by atoms with van der Waals surface area (Å²) in [5.74, 6) is 1.74. The van der Waals surface area contributed by atoms with Crippen LogP contribution in [0.25, 0.3) is 0 Å². The molecular formula is C12H17NO2. The fourth-order valence-corrected chi connectivity index (χ4v) is 1.72. The SMILES string of the molecule is CC(C)(CN)Cc1cccc2c1OCO2. The summed E-state index contributed by atoms with van der Waals surface area (Å²) in [6.45, 7) is 5.30. The first-order valence-electron chi connectivity index (χ1n) is 5.20. The molecule has 0 bridgehead atoms. The van der Waals surface area contributed by atoms with Gasteiger partial charge in [0.15, 0.2) is 11.5 Å². The van der Waals surface area contributed by atoms with E-state index in [0.29, 0.717) is 13.3 Å². The number of ether oxygens (including phenoxy) is 2. The molecule has 0 aliphatic carbocycles. The highest BCUT2D eigenvalue weighted by molar-refractivity contribution is 5.48. The molecule has 0 fully saturated rings. The van der Waals surface area contributed by atoms with Crippen LogP contribution in [0.3, 0.4) is 0 Å². The first kappa shape index (κ1) is 10.3. The van der Waals surface area contributed by atoms with E-state index in [-0.39, 0.29) is 5.41 Å². The van der Waals surface area contributed by atoms with Crippen molar-refractivity contribution in [3.8, 4) is 11.5 Å². The lowest BCUT2D eigenvalue weighted by Crippen LogP contribution is -2.26. The van der Waals surface area contributed by atoms with E-state index in [0.717, 1.165) is 17.9 Å². The second-order valence-corrected chi connectivity index (χ2v) is 4.70. The number of para-hydroxylation sites is 1. The van der Waals surface area contributed by atoms with Crippen molar-refractivity contribution in [2.45, 2.75) is 20.3 Å². The van der Waals surface area contributed by atoms with Gasteiger partial charge in [0, 0.05) is 0 Å². The molecule has 1 aromatic carbocycles. The number of rotatable bonds is 3. The van der Waals surface area contributed by atoms with E-state index in [9.17, 15) is 0 Å². The quantitative estimate of drug-likeness (QED) is 0.823. The van der Waals surface area contributed by atoms with E-state index in [1.807, 2.05) is 12.1 Å². The molecule has 0 atom stereocenters. The minimum Gasteiger partial charge on any atom is -0.454 e. The van der Waals surface area contributed by atoms with Crippen LogP contribution in [0.5, 0.6) is 11.5 Å². The molecule has 3 nitrogen and oxygen atoms in total. The average Bonchev–Trinajstić information content (AvgIpc) is 2.66. The molecular weight excluding hydrogens is 190 g/mol. The second-order valence-electron chi connectivity index (χ2n) is 4.70. The van der Waals surface area contributed by atoms with Crippen LogP contribution in [0.2, 0.25) is 0 Å². The Hall–Kier alpha value is -1.22. The van der Waals surface area contributed by atoms with Crippen LogP contribution in [-0.4, -0.2) is 13.3 Å². The highest BCUT2D eigenvalue weighted by Gasteiger charge is 2.23. The molecule has 1 heterocycles. The molecule has 0 radical (unpaired) electrons. The van der Waals surface area contributed by atoms with Gasteiger partial charge in [0.05, 0.1) is 0 Å². The number of nitrogens with two attached hydrogens (primary N) is 1. The Bertz CT molecular complexity index is 361. The Morgan fingerprint density at radius 2 is 2.13 bits per heavy atom. The van der Waals surface area contributed by atoms with Crippen LogP contribution in [-0.2, 0) is 6.42 Å². The van der Waals surface area contributed by atoms with Gasteiger partial charge < -0.3 is 15.2 Å². The molecule has 0 saturated heterocycles. The summed E-state index contributed by atoms with van der Waals surface area (Å²) in [5.41, 5.74) is 7.01. The fraction of sp³-hybridized carbons (Fsp3) is 0.500. The Morgan fingerprint density at radius 3 is 2.87 bits per heavy atom. The van der Waals surface area contributed by atoms with Crippen molar-refractivity contribution in [2.24, 2.45) is 11.1 Å². The molecule has 2 N–H and O–H groups in total. The Balaban J connectivity index is 2.26. The van der Waals surface area contributed by atoms with Crippen molar-refractivity contribution in [1.82, 2.24) is 0 Å². The number of hydrogen-bond donors (Lipinski definition) is 1. The van der Waals surface area contributed by atoms with Crippen LogP contribution in [0.4, 0.5) is 0 Å². The van der Waals surface area contributed by atoms with E-state index in [2.05, 4.69) is 19.9 Å². The van der Waals surface area contributed by atoms with Crippen molar-refractivity contribution in [2.75, 3.05) is 13.3 Å². The smallest absolute Gasteiger partial charge is 0.231 e. The summed E-state index contributed by atoms with van der Waals surface area (Å²) in [5, 5.41) is 0. The van der Waals surface area contributed by atoms with Crippen molar-refractivity contribution in [3.05, 3.63) is 23.8 Å². The normalized spacial score (nSPS) is 14.3. The maximum Gasteiger partial charge on any atom is 0.231 e. The first-order chi connectivity index (χ1) is 7.12. The molecule has 2 rings (SSSR count). The minimum atomic E-state index is 0.0983. The molecule has 1 aliphatic rings. The summed E-state index contributed by atoms with van der Waals surface area (Å²) >= 11 is 0. The van der Waals surface area contributed by atoms with Gasteiger partial charge in [0.2, 0.25) is 6.79 Å². The van der Waals surface area contributed by atoms with Crippen LogP contribution in [0.1, 0.15) is 19.4 Å². The van der Waals surface area contributed by atoms with Gasteiger partial charge in [-0.3, -0.25) is 0 Å². The van der Waals surface area contributed by atoms with E-state index in [4.69, 9.17) is 15.2 Å². The molecule has 0 spiro atoms. The van der Waals surface area contributed by atoms with E-state index >= 15 is 0 Å². The lowest BCUT2D eigenvalue weighted by atomic mass is 9.85. The van der Waals surface area contributed by atoms with E-state index in [1.54, 1.807) is 0 Å². The summed E-state index contributed by atoms with van der Waals surface area (Å²) in [7, 11) is 0. The van der Waals surface area contributed by atoms with Crippen molar-refractivity contribution >= 4 is 0 Å². The number of hydrogen-bond acceptors (Lipinski definition) is 3.